The SMILES string of the molecule is CC(=O)c1cc(CN(C)[C@@H](C)c2ccncn2)cs1. The summed E-state index contributed by atoms with van der Waals surface area (Å²) in [6.45, 7) is 4.51. The molecular weight excluding hydrogens is 258 g/mol. The van der Waals surface area contributed by atoms with E-state index in [4.69, 9.17) is 0 Å². The van der Waals surface area contributed by atoms with E-state index in [9.17, 15) is 4.79 Å². The molecule has 0 aromatic carbocycles. The van der Waals surface area contributed by atoms with Crippen LogP contribution in [-0.4, -0.2) is 27.7 Å². The molecule has 4 nitrogen and oxygen atoms in total. The molecule has 0 unspecified atom stereocenters. The number of hydrogen-bond acceptors (Lipinski definition) is 5. The van der Waals surface area contributed by atoms with Crippen LogP contribution in [0.1, 0.15) is 40.8 Å². The number of carbonyl (C=O) groups excluding carboxylic acids is 1. The lowest BCUT2D eigenvalue weighted by molar-refractivity contribution is 0.102. The summed E-state index contributed by atoms with van der Waals surface area (Å²) >= 11 is 1.51. The fourth-order valence-corrected chi connectivity index (χ4v) is 2.65. The summed E-state index contributed by atoms with van der Waals surface area (Å²) < 4.78 is 0. The molecule has 2 heterocycles. The maximum atomic E-state index is 11.3. The lowest BCUT2D eigenvalue weighted by Crippen LogP contribution is -2.22. The number of ketones is 1. The van der Waals surface area contributed by atoms with Crippen LogP contribution in [0.3, 0.4) is 0 Å². The summed E-state index contributed by atoms with van der Waals surface area (Å²) in [4.78, 5) is 22.5. The number of thiophene rings is 1. The van der Waals surface area contributed by atoms with E-state index in [2.05, 4.69) is 28.8 Å². The van der Waals surface area contributed by atoms with Gasteiger partial charge in [0.2, 0.25) is 0 Å². The predicted molar refractivity (Wildman–Crippen MR) is 76.2 cm³/mol. The van der Waals surface area contributed by atoms with E-state index < -0.39 is 0 Å². The van der Waals surface area contributed by atoms with Crippen LogP contribution in [0, 0.1) is 0 Å². The first-order valence-corrected chi connectivity index (χ1v) is 7.00. The zero-order valence-corrected chi connectivity index (χ0v) is 12.1. The minimum Gasteiger partial charge on any atom is -0.294 e. The zero-order valence-electron chi connectivity index (χ0n) is 11.3. The molecule has 2 rings (SSSR count). The minimum absolute atomic E-state index is 0.128. The van der Waals surface area contributed by atoms with E-state index >= 15 is 0 Å². The maximum Gasteiger partial charge on any atom is 0.169 e. The van der Waals surface area contributed by atoms with E-state index in [0.717, 1.165) is 17.1 Å². The molecule has 19 heavy (non-hydrogen) atoms. The van der Waals surface area contributed by atoms with Gasteiger partial charge in [-0.25, -0.2) is 9.97 Å². The van der Waals surface area contributed by atoms with Gasteiger partial charge in [0.1, 0.15) is 6.33 Å². The first kappa shape index (κ1) is 13.8. The van der Waals surface area contributed by atoms with Crippen LogP contribution >= 0.6 is 11.3 Å². The highest BCUT2D eigenvalue weighted by Gasteiger charge is 2.14. The molecule has 1 atom stereocenters. The molecule has 0 aliphatic rings. The largest absolute Gasteiger partial charge is 0.294 e. The van der Waals surface area contributed by atoms with Gasteiger partial charge in [0.05, 0.1) is 10.6 Å². The van der Waals surface area contributed by atoms with Crippen LogP contribution in [0.15, 0.2) is 30.0 Å². The van der Waals surface area contributed by atoms with Crippen LogP contribution in [0.25, 0.3) is 0 Å². The molecule has 0 bridgehead atoms. The molecule has 0 aliphatic heterocycles. The van der Waals surface area contributed by atoms with Crippen LogP contribution in [-0.2, 0) is 6.54 Å². The second kappa shape index (κ2) is 6.04. The van der Waals surface area contributed by atoms with Crippen molar-refractivity contribution in [1.29, 1.82) is 0 Å². The Hall–Kier alpha value is -1.59. The quantitative estimate of drug-likeness (QED) is 0.787. The molecule has 0 aliphatic carbocycles. The maximum absolute atomic E-state index is 11.3. The van der Waals surface area contributed by atoms with Gasteiger partial charge in [-0.1, -0.05) is 0 Å². The summed E-state index contributed by atoms with van der Waals surface area (Å²) in [7, 11) is 2.05. The number of Topliss-reactive ketones (excluding diaryl/α,β-unsaturated/α-hetero) is 1. The third-order valence-corrected chi connectivity index (χ3v) is 4.21. The third kappa shape index (κ3) is 3.45. The number of rotatable bonds is 5. The van der Waals surface area contributed by atoms with Crippen LogP contribution in [0.5, 0.6) is 0 Å². The second-order valence-electron chi connectivity index (χ2n) is 4.60. The molecule has 2 aromatic rings. The lowest BCUT2D eigenvalue weighted by Gasteiger charge is -2.23. The second-order valence-corrected chi connectivity index (χ2v) is 5.51. The van der Waals surface area contributed by atoms with Crippen molar-refractivity contribution in [2.75, 3.05) is 7.05 Å². The van der Waals surface area contributed by atoms with Gasteiger partial charge in [-0.2, -0.15) is 0 Å². The van der Waals surface area contributed by atoms with Crippen molar-refractivity contribution >= 4 is 17.1 Å². The number of hydrogen-bond donors (Lipinski definition) is 0. The van der Waals surface area contributed by atoms with E-state index in [-0.39, 0.29) is 11.8 Å². The first-order chi connectivity index (χ1) is 9.08. The third-order valence-electron chi connectivity index (χ3n) is 3.13. The molecule has 0 spiro atoms. The molecule has 0 saturated carbocycles. The summed E-state index contributed by atoms with van der Waals surface area (Å²) in [5.74, 6) is 0.128. The van der Waals surface area contributed by atoms with Crippen molar-refractivity contribution in [3.8, 4) is 0 Å². The smallest absolute Gasteiger partial charge is 0.169 e. The van der Waals surface area contributed by atoms with Crippen LogP contribution < -0.4 is 0 Å². The Morgan fingerprint density at radius 3 is 2.89 bits per heavy atom. The van der Waals surface area contributed by atoms with Crippen LogP contribution in [0.4, 0.5) is 0 Å². The average Bonchev–Trinajstić information content (AvgIpc) is 2.87. The molecule has 0 fully saturated rings. The highest BCUT2D eigenvalue weighted by Crippen LogP contribution is 2.21. The van der Waals surface area contributed by atoms with Gasteiger partial charge >= 0.3 is 0 Å². The number of nitrogens with zero attached hydrogens (tertiary/aromatic N) is 3. The zero-order chi connectivity index (χ0) is 13.8. The van der Waals surface area contributed by atoms with Crippen molar-refractivity contribution in [2.45, 2.75) is 26.4 Å². The Morgan fingerprint density at radius 2 is 2.32 bits per heavy atom. The number of carbonyl (C=O) groups is 1. The van der Waals surface area contributed by atoms with Gasteiger partial charge in [-0.15, -0.1) is 11.3 Å². The molecular formula is C14H17N3OS. The van der Waals surface area contributed by atoms with E-state index in [0.29, 0.717) is 0 Å². The topological polar surface area (TPSA) is 46.1 Å². The monoisotopic (exact) mass is 275 g/mol. The van der Waals surface area contributed by atoms with E-state index in [1.807, 2.05) is 17.5 Å². The molecule has 5 heteroatoms. The summed E-state index contributed by atoms with van der Waals surface area (Å²) in [6, 6.07) is 4.11. The van der Waals surface area contributed by atoms with Crippen molar-refractivity contribution in [3.05, 3.63) is 46.2 Å². The van der Waals surface area contributed by atoms with Gasteiger partial charge < -0.3 is 0 Å². The highest BCUT2D eigenvalue weighted by atomic mass is 32.1. The fourth-order valence-electron chi connectivity index (χ4n) is 1.84. The Bertz CT molecular complexity index is 553. The molecule has 2 aromatic heterocycles. The number of aromatic nitrogens is 2. The van der Waals surface area contributed by atoms with E-state index in [1.54, 1.807) is 19.4 Å². The lowest BCUT2D eigenvalue weighted by atomic mass is 10.2. The minimum atomic E-state index is 0.128. The normalized spacial score (nSPS) is 12.6. The van der Waals surface area contributed by atoms with Crippen molar-refractivity contribution in [2.24, 2.45) is 0 Å². The Balaban J connectivity index is 2.04. The van der Waals surface area contributed by atoms with Gasteiger partial charge in [0, 0.05) is 18.8 Å². The first-order valence-electron chi connectivity index (χ1n) is 6.12. The van der Waals surface area contributed by atoms with Gasteiger partial charge in [-0.3, -0.25) is 9.69 Å². The molecule has 0 N–H and O–H groups in total. The van der Waals surface area contributed by atoms with Crippen molar-refractivity contribution < 1.29 is 4.79 Å². The Labute approximate surface area is 117 Å². The van der Waals surface area contributed by atoms with Crippen molar-refractivity contribution in [1.82, 2.24) is 14.9 Å². The van der Waals surface area contributed by atoms with Gasteiger partial charge in [0.25, 0.3) is 0 Å². The molecule has 0 saturated heterocycles. The fraction of sp³-hybridized carbons (Fsp3) is 0.357. The van der Waals surface area contributed by atoms with Gasteiger partial charge in [-0.05, 0) is 44.0 Å². The Kier molecular flexibility index (Phi) is 4.39. The van der Waals surface area contributed by atoms with Gasteiger partial charge in [0.15, 0.2) is 5.78 Å². The molecule has 0 radical (unpaired) electrons. The summed E-state index contributed by atoms with van der Waals surface area (Å²) in [5, 5.41) is 2.04. The summed E-state index contributed by atoms with van der Waals surface area (Å²) in [5.41, 5.74) is 2.16. The van der Waals surface area contributed by atoms with Crippen molar-refractivity contribution in [3.63, 3.8) is 0 Å². The predicted octanol–water partition coefficient (Wildman–Crippen LogP) is 2.93. The standard InChI is InChI=1S/C14H17N3OS/c1-10(13-4-5-15-9-16-13)17(3)7-12-6-14(11(2)18)19-8-12/h4-6,8-10H,7H2,1-3H3/t10-/m0/s1. The van der Waals surface area contributed by atoms with Crippen LogP contribution in [0.2, 0.25) is 0 Å². The van der Waals surface area contributed by atoms with E-state index in [1.165, 1.54) is 16.9 Å². The Morgan fingerprint density at radius 1 is 1.53 bits per heavy atom. The molecule has 0 amide bonds. The molecule has 100 valence electrons. The average molecular weight is 275 g/mol. The highest BCUT2D eigenvalue weighted by molar-refractivity contribution is 7.12. The summed E-state index contributed by atoms with van der Waals surface area (Å²) in [6.07, 6.45) is 3.32.